The summed E-state index contributed by atoms with van der Waals surface area (Å²) < 4.78 is 0. The fourth-order valence-corrected chi connectivity index (χ4v) is 2.96. The minimum absolute atomic E-state index is 0.121. The van der Waals surface area contributed by atoms with E-state index in [9.17, 15) is 19.2 Å². The molecule has 0 aromatic heterocycles. The van der Waals surface area contributed by atoms with E-state index in [1.807, 2.05) is 0 Å². The highest BCUT2D eigenvalue weighted by Gasteiger charge is 2.27. The van der Waals surface area contributed by atoms with Gasteiger partial charge in [0.05, 0.1) is 0 Å². The molecule has 0 saturated carbocycles. The van der Waals surface area contributed by atoms with E-state index in [2.05, 4.69) is 0 Å². The second-order valence-electron chi connectivity index (χ2n) is 5.89. The Hall–Kier alpha value is -2.12. The highest BCUT2D eigenvalue weighted by molar-refractivity contribution is 5.78. The Labute approximate surface area is 135 Å². The molecule has 0 unspecified atom stereocenters. The van der Waals surface area contributed by atoms with Crippen LogP contribution in [-0.4, -0.2) is 64.4 Å². The SMILES string of the molecule is O=CN(CN(C=O)N1CCCCCC1=O)N1CCCCCC1=O. The second kappa shape index (κ2) is 8.50. The van der Waals surface area contributed by atoms with Gasteiger partial charge in [0, 0.05) is 25.9 Å². The third-order valence-corrected chi connectivity index (χ3v) is 4.25. The first kappa shape index (κ1) is 17.2. The predicted molar refractivity (Wildman–Crippen MR) is 81.0 cm³/mol. The number of hydrogen-bond donors (Lipinski definition) is 0. The van der Waals surface area contributed by atoms with Crippen molar-refractivity contribution in [1.29, 1.82) is 0 Å². The lowest BCUT2D eigenvalue weighted by molar-refractivity contribution is -0.177. The zero-order valence-electron chi connectivity index (χ0n) is 13.4. The van der Waals surface area contributed by atoms with E-state index >= 15 is 0 Å². The summed E-state index contributed by atoms with van der Waals surface area (Å²) >= 11 is 0. The molecule has 8 nitrogen and oxygen atoms in total. The van der Waals surface area contributed by atoms with Crippen molar-refractivity contribution in [3.8, 4) is 0 Å². The van der Waals surface area contributed by atoms with Gasteiger partial charge in [-0.05, 0) is 25.7 Å². The molecule has 0 atom stereocenters. The number of carbonyl (C=O) groups is 4. The fraction of sp³-hybridized carbons (Fsp3) is 0.733. The lowest BCUT2D eigenvalue weighted by Crippen LogP contribution is -2.55. The van der Waals surface area contributed by atoms with Gasteiger partial charge >= 0.3 is 0 Å². The largest absolute Gasteiger partial charge is 0.277 e. The van der Waals surface area contributed by atoms with Gasteiger partial charge in [0.1, 0.15) is 6.67 Å². The Morgan fingerprint density at radius 2 is 1.17 bits per heavy atom. The molecule has 23 heavy (non-hydrogen) atoms. The smallest absolute Gasteiger partial charge is 0.241 e. The molecule has 2 fully saturated rings. The van der Waals surface area contributed by atoms with Crippen molar-refractivity contribution in [2.24, 2.45) is 0 Å². The number of rotatable bonds is 6. The molecule has 0 aromatic carbocycles. The van der Waals surface area contributed by atoms with Gasteiger partial charge in [0.2, 0.25) is 24.6 Å². The summed E-state index contributed by atoms with van der Waals surface area (Å²) in [4.78, 5) is 47.1. The van der Waals surface area contributed by atoms with Crippen LogP contribution in [0.5, 0.6) is 0 Å². The van der Waals surface area contributed by atoms with E-state index in [4.69, 9.17) is 0 Å². The van der Waals surface area contributed by atoms with Crippen molar-refractivity contribution in [2.45, 2.75) is 51.4 Å². The zero-order chi connectivity index (χ0) is 16.7. The van der Waals surface area contributed by atoms with E-state index in [1.54, 1.807) is 0 Å². The molecule has 2 heterocycles. The average Bonchev–Trinajstić information content (AvgIpc) is 2.90. The molecule has 4 amide bonds. The summed E-state index contributed by atoms with van der Waals surface area (Å²) in [6.07, 6.45) is 7.02. The summed E-state index contributed by atoms with van der Waals surface area (Å²) in [6.45, 7) is 0.793. The van der Waals surface area contributed by atoms with Gasteiger partial charge in [-0.15, -0.1) is 0 Å². The molecule has 0 aliphatic carbocycles. The standard InChI is InChI=1S/C15H24N4O4/c20-12-16(18-9-5-1-3-7-14(18)22)11-17(13-21)19-10-6-2-4-8-15(19)23/h12-13H,1-11H2. The van der Waals surface area contributed by atoms with Crippen molar-refractivity contribution in [3.63, 3.8) is 0 Å². The van der Waals surface area contributed by atoms with E-state index in [-0.39, 0.29) is 18.5 Å². The van der Waals surface area contributed by atoms with Gasteiger partial charge in [0.25, 0.3) is 0 Å². The topological polar surface area (TPSA) is 81.2 Å². The quantitative estimate of drug-likeness (QED) is 0.526. The molecule has 8 heteroatoms. The molecule has 0 radical (unpaired) electrons. The minimum Gasteiger partial charge on any atom is -0.277 e. The normalized spacial score (nSPS) is 19.8. The summed E-state index contributed by atoms with van der Waals surface area (Å²) in [6, 6.07) is 0. The van der Waals surface area contributed by atoms with E-state index in [0.29, 0.717) is 38.8 Å². The monoisotopic (exact) mass is 324 g/mol. The lowest BCUT2D eigenvalue weighted by Gasteiger charge is -2.37. The van der Waals surface area contributed by atoms with Crippen LogP contribution in [0.3, 0.4) is 0 Å². The number of hydrogen-bond acceptors (Lipinski definition) is 4. The number of amides is 4. The Bertz CT molecular complexity index is 417. The summed E-state index contributed by atoms with van der Waals surface area (Å²) in [7, 11) is 0. The molecule has 2 rings (SSSR count). The predicted octanol–water partition coefficient (Wildman–Crippen LogP) is 0.496. The van der Waals surface area contributed by atoms with Crippen molar-refractivity contribution in [2.75, 3.05) is 19.8 Å². The summed E-state index contributed by atoms with van der Waals surface area (Å²) in [5, 5.41) is 5.16. The minimum atomic E-state index is -0.123. The Kier molecular flexibility index (Phi) is 6.37. The first-order chi connectivity index (χ1) is 11.2. The third-order valence-electron chi connectivity index (χ3n) is 4.25. The maximum Gasteiger partial charge on any atom is 0.241 e. The van der Waals surface area contributed by atoms with E-state index in [1.165, 1.54) is 20.0 Å². The average molecular weight is 324 g/mol. The Balaban J connectivity index is 2.07. The van der Waals surface area contributed by atoms with E-state index < -0.39 is 0 Å². The van der Waals surface area contributed by atoms with Crippen LogP contribution < -0.4 is 0 Å². The molecular weight excluding hydrogens is 300 g/mol. The van der Waals surface area contributed by atoms with Gasteiger partial charge < -0.3 is 0 Å². The van der Waals surface area contributed by atoms with E-state index in [0.717, 1.165) is 38.5 Å². The van der Waals surface area contributed by atoms with Crippen molar-refractivity contribution in [1.82, 2.24) is 20.0 Å². The number of hydrazine groups is 2. The molecular formula is C15H24N4O4. The fourth-order valence-electron chi connectivity index (χ4n) is 2.96. The molecule has 2 aliphatic rings. The van der Waals surface area contributed by atoms with Gasteiger partial charge in [0.15, 0.2) is 0 Å². The van der Waals surface area contributed by atoms with Gasteiger partial charge in [-0.1, -0.05) is 12.8 Å². The van der Waals surface area contributed by atoms with Crippen LogP contribution >= 0.6 is 0 Å². The third kappa shape index (κ3) is 4.43. The van der Waals surface area contributed by atoms with Crippen molar-refractivity contribution in [3.05, 3.63) is 0 Å². The van der Waals surface area contributed by atoms with Crippen molar-refractivity contribution >= 4 is 24.6 Å². The lowest BCUT2D eigenvalue weighted by atomic mass is 10.2. The molecule has 0 N–H and O–H groups in total. The maximum atomic E-state index is 12.1. The molecule has 0 spiro atoms. The van der Waals surface area contributed by atoms with Crippen LogP contribution in [0.1, 0.15) is 51.4 Å². The maximum absolute atomic E-state index is 12.1. The second-order valence-corrected chi connectivity index (χ2v) is 5.89. The van der Waals surface area contributed by atoms with Crippen LogP contribution in [0.2, 0.25) is 0 Å². The van der Waals surface area contributed by atoms with Gasteiger partial charge in [-0.2, -0.15) is 0 Å². The van der Waals surface area contributed by atoms with Crippen LogP contribution in [0.4, 0.5) is 0 Å². The van der Waals surface area contributed by atoms with Crippen molar-refractivity contribution < 1.29 is 19.2 Å². The van der Waals surface area contributed by atoms with Gasteiger partial charge in [-0.25, -0.2) is 20.0 Å². The molecule has 0 aromatic rings. The van der Waals surface area contributed by atoms with Gasteiger partial charge in [-0.3, -0.25) is 19.2 Å². The molecule has 128 valence electrons. The molecule has 0 bridgehead atoms. The first-order valence-electron chi connectivity index (χ1n) is 8.22. The first-order valence-corrected chi connectivity index (χ1v) is 8.22. The van der Waals surface area contributed by atoms with Crippen LogP contribution in [0.25, 0.3) is 0 Å². The zero-order valence-corrected chi connectivity index (χ0v) is 13.4. The number of nitrogens with zero attached hydrogens (tertiary/aromatic N) is 4. The van der Waals surface area contributed by atoms with Crippen LogP contribution in [0.15, 0.2) is 0 Å². The molecule has 2 aliphatic heterocycles. The summed E-state index contributed by atoms with van der Waals surface area (Å²) in [5.41, 5.74) is 0. The summed E-state index contributed by atoms with van der Waals surface area (Å²) in [5.74, 6) is -0.245. The Morgan fingerprint density at radius 3 is 1.57 bits per heavy atom. The highest BCUT2D eigenvalue weighted by atomic mass is 16.2. The van der Waals surface area contributed by atoms with Crippen LogP contribution in [0, 0.1) is 0 Å². The number of carbonyl (C=O) groups excluding carboxylic acids is 4. The molecule has 2 saturated heterocycles. The highest BCUT2D eigenvalue weighted by Crippen LogP contribution is 2.16. The Morgan fingerprint density at radius 1 is 0.739 bits per heavy atom. The van der Waals surface area contributed by atoms with Crippen LogP contribution in [-0.2, 0) is 19.2 Å².